The molecule has 0 aliphatic rings. The van der Waals surface area contributed by atoms with Crippen molar-refractivity contribution in [3.05, 3.63) is 54.1 Å². The molecular weight excluding hydrogens is 394 g/mol. The van der Waals surface area contributed by atoms with Crippen molar-refractivity contribution in [3.8, 4) is 0 Å². The lowest BCUT2D eigenvalue weighted by Crippen LogP contribution is -2.37. The molecule has 28 heavy (non-hydrogen) atoms. The van der Waals surface area contributed by atoms with Crippen LogP contribution in [0.25, 0.3) is 0 Å². The van der Waals surface area contributed by atoms with Crippen molar-refractivity contribution >= 4 is 33.3 Å². The Bertz CT molecular complexity index is 978. The SMILES string of the molecule is CCOC(=O)CN(c1ccc(F)cc1F)S(=O)(=O)c1ccc(NC(C)=O)cc1. The second-order valence-corrected chi connectivity index (χ2v) is 7.48. The number of anilines is 2. The number of nitrogens with one attached hydrogen (secondary N) is 1. The van der Waals surface area contributed by atoms with E-state index in [9.17, 15) is 26.8 Å². The molecule has 150 valence electrons. The topological polar surface area (TPSA) is 92.8 Å². The normalized spacial score (nSPS) is 11.0. The minimum Gasteiger partial charge on any atom is -0.465 e. The smallest absolute Gasteiger partial charge is 0.326 e. The van der Waals surface area contributed by atoms with Gasteiger partial charge in [0.25, 0.3) is 10.0 Å². The van der Waals surface area contributed by atoms with Crippen molar-refractivity contribution in [2.75, 3.05) is 22.8 Å². The van der Waals surface area contributed by atoms with Gasteiger partial charge in [0, 0.05) is 18.7 Å². The van der Waals surface area contributed by atoms with Gasteiger partial charge in [-0.2, -0.15) is 0 Å². The maximum atomic E-state index is 14.2. The number of carbonyl (C=O) groups excluding carboxylic acids is 2. The van der Waals surface area contributed by atoms with Crippen molar-refractivity contribution in [3.63, 3.8) is 0 Å². The Balaban J connectivity index is 2.48. The summed E-state index contributed by atoms with van der Waals surface area (Å²) in [6.45, 7) is 2.04. The van der Waals surface area contributed by atoms with E-state index < -0.39 is 39.9 Å². The Kier molecular flexibility index (Phi) is 6.68. The van der Waals surface area contributed by atoms with E-state index in [4.69, 9.17) is 4.74 Å². The molecule has 7 nitrogen and oxygen atoms in total. The maximum absolute atomic E-state index is 14.2. The second-order valence-electron chi connectivity index (χ2n) is 5.62. The van der Waals surface area contributed by atoms with Gasteiger partial charge >= 0.3 is 5.97 Å². The highest BCUT2D eigenvalue weighted by atomic mass is 32.2. The summed E-state index contributed by atoms with van der Waals surface area (Å²) >= 11 is 0. The van der Waals surface area contributed by atoms with E-state index in [2.05, 4.69) is 5.32 Å². The number of rotatable bonds is 7. The summed E-state index contributed by atoms with van der Waals surface area (Å²) in [5.41, 5.74) is -0.142. The predicted octanol–water partition coefficient (Wildman–Crippen LogP) is 2.68. The summed E-state index contributed by atoms with van der Waals surface area (Å²) in [7, 11) is -4.39. The number of benzene rings is 2. The van der Waals surface area contributed by atoms with Crippen molar-refractivity contribution in [2.45, 2.75) is 18.7 Å². The van der Waals surface area contributed by atoms with E-state index in [-0.39, 0.29) is 17.4 Å². The van der Waals surface area contributed by atoms with Crippen LogP contribution in [0.15, 0.2) is 47.4 Å². The third kappa shape index (κ3) is 5.03. The molecule has 2 aromatic rings. The van der Waals surface area contributed by atoms with Crippen molar-refractivity contribution in [1.82, 2.24) is 0 Å². The number of amides is 1. The fraction of sp³-hybridized carbons (Fsp3) is 0.222. The lowest BCUT2D eigenvalue weighted by atomic mass is 10.3. The van der Waals surface area contributed by atoms with Crippen molar-refractivity contribution in [1.29, 1.82) is 0 Å². The summed E-state index contributed by atoms with van der Waals surface area (Å²) in [4.78, 5) is 22.7. The summed E-state index contributed by atoms with van der Waals surface area (Å²) in [5, 5.41) is 2.49. The largest absolute Gasteiger partial charge is 0.465 e. The zero-order valence-electron chi connectivity index (χ0n) is 15.1. The average Bonchev–Trinajstić information content (AvgIpc) is 2.60. The van der Waals surface area contributed by atoms with Crippen LogP contribution >= 0.6 is 0 Å². The summed E-state index contributed by atoms with van der Waals surface area (Å²) in [6.07, 6.45) is 0. The predicted molar refractivity (Wildman–Crippen MR) is 98.3 cm³/mol. The van der Waals surface area contributed by atoms with E-state index in [1.807, 2.05) is 0 Å². The van der Waals surface area contributed by atoms with Crippen LogP contribution in [0.1, 0.15) is 13.8 Å². The zero-order valence-corrected chi connectivity index (χ0v) is 15.9. The average molecular weight is 412 g/mol. The van der Waals surface area contributed by atoms with Gasteiger partial charge in [-0.25, -0.2) is 17.2 Å². The number of ether oxygens (including phenoxy) is 1. The number of nitrogens with zero attached hydrogens (tertiary/aromatic N) is 1. The number of esters is 1. The Morgan fingerprint density at radius 3 is 2.29 bits per heavy atom. The molecule has 0 atom stereocenters. The summed E-state index contributed by atoms with van der Waals surface area (Å²) < 4.78 is 58.8. The van der Waals surface area contributed by atoms with Crippen LogP contribution in [-0.2, 0) is 24.3 Å². The number of carbonyl (C=O) groups is 2. The quantitative estimate of drug-likeness (QED) is 0.706. The molecule has 0 heterocycles. The first-order chi connectivity index (χ1) is 13.1. The van der Waals surface area contributed by atoms with Crippen LogP contribution in [0.4, 0.5) is 20.2 Å². The monoisotopic (exact) mass is 412 g/mol. The molecule has 2 rings (SSSR count). The van der Waals surface area contributed by atoms with Crippen LogP contribution in [0.3, 0.4) is 0 Å². The van der Waals surface area contributed by atoms with Gasteiger partial charge in [0.1, 0.15) is 18.2 Å². The highest BCUT2D eigenvalue weighted by molar-refractivity contribution is 7.92. The molecule has 0 unspecified atom stereocenters. The fourth-order valence-electron chi connectivity index (χ4n) is 2.35. The molecule has 0 spiro atoms. The lowest BCUT2D eigenvalue weighted by molar-refractivity contribution is -0.141. The molecule has 10 heteroatoms. The highest BCUT2D eigenvalue weighted by Crippen LogP contribution is 2.27. The van der Waals surface area contributed by atoms with Crippen LogP contribution in [0, 0.1) is 11.6 Å². The van der Waals surface area contributed by atoms with Gasteiger partial charge in [0.2, 0.25) is 5.91 Å². The summed E-state index contributed by atoms with van der Waals surface area (Å²) in [5.74, 6) is -3.28. The number of halogens is 2. The molecule has 0 radical (unpaired) electrons. The number of sulfonamides is 1. The molecule has 0 aromatic heterocycles. The third-order valence-corrected chi connectivity index (χ3v) is 5.29. The van der Waals surface area contributed by atoms with Crippen LogP contribution in [0.5, 0.6) is 0 Å². The number of hydrogen-bond donors (Lipinski definition) is 1. The second kappa shape index (κ2) is 8.79. The van der Waals surface area contributed by atoms with Crippen LogP contribution in [-0.4, -0.2) is 33.4 Å². The van der Waals surface area contributed by atoms with Gasteiger partial charge < -0.3 is 10.1 Å². The van der Waals surface area contributed by atoms with E-state index in [1.54, 1.807) is 0 Å². The first-order valence-corrected chi connectivity index (χ1v) is 9.60. The molecule has 0 saturated heterocycles. The Labute approximate surface area is 161 Å². The standard InChI is InChI=1S/C18H18F2N2O5S/c1-3-27-18(24)11-22(17-9-4-13(19)10-16(17)20)28(25,26)15-7-5-14(6-8-15)21-12(2)23/h4-10H,3,11H2,1-2H3,(H,21,23). The first kappa shape index (κ1) is 21.3. The lowest BCUT2D eigenvalue weighted by Gasteiger charge is -2.24. The molecule has 0 aliphatic heterocycles. The molecule has 1 N–H and O–H groups in total. The Hall–Kier alpha value is -3.01. The van der Waals surface area contributed by atoms with E-state index >= 15 is 0 Å². The molecule has 1 amide bonds. The third-order valence-electron chi connectivity index (χ3n) is 3.52. The van der Waals surface area contributed by atoms with Gasteiger partial charge in [0.15, 0.2) is 0 Å². The van der Waals surface area contributed by atoms with E-state index in [1.165, 1.54) is 38.1 Å². The Morgan fingerprint density at radius 2 is 1.75 bits per heavy atom. The molecule has 0 saturated carbocycles. The van der Waals surface area contributed by atoms with Crippen molar-refractivity contribution < 1.29 is 31.5 Å². The minimum absolute atomic E-state index is 0.00400. The Morgan fingerprint density at radius 1 is 1.11 bits per heavy atom. The summed E-state index contributed by atoms with van der Waals surface area (Å²) in [6, 6.07) is 7.40. The number of hydrogen-bond acceptors (Lipinski definition) is 5. The van der Waals surface area contributed by atoms with Gasteiger partial charge in [-0.3, -0.25) is 13.9 Å². The minimum atomic E-state index is -4.39. The van der Waals surface area contributed by atoms with Gasteiger partial charge in [0.05, 0.1) is 17.2 Å². The van der Waals surface area contributed by atoms with Crippen molar-refractivity contribution in [2.24, 2.45) is 0 Å². The molecule has 2 aromatic carbocycles. The first-order valence-electron chi connectivity index (χ1n) is 8.16. The van der Waals surface area contributed by atoms with E-state index in [0.717, 1.165) is 12.1 Å². The molecule has 0 fully saturated rings. The molecule has 0 aliphatic carbocycles. The maximum Gasteiger partial charge on any atom is 0.326 e. The molecular formula is C18H18F2N2O5S. The van der Waals surface area contributed by atoms with E-state index in [0.29, 0.717) is 16.1 Å². The zero-order chi connectivity index (χ0) is 20.9. The van der Waals surface area contributed by atoms with Crippen LogP contribution in [0.2, 0.25) is 0 Å². The molecule has 0 bridgehead atoms. The van der Waals surface area contributed by atoms with Gasteiger partial charge in [-0.05, 0) is 43.3 Å². The van der Waals surface area contributed by atoms with Crippen LogP contribution < -0.4 is 9.62 Å². The fourth-order valence-corrected chi connectivity index (χ4v) is 3.76. The van der Waals surface area contributed by atoms with Gasteiger partial charge in [-0.1, -0.05) is 0 Å². The highest BCUT2D eigenvalue weighted by Gasteiger charge is 2.30. The van der Waals surface area contributed by atoms with Gasteiger partial charge in [-0.15, -0.1) is 0 Å².